The molecular formula is C18H21FN2O3. The normalized spacial score (nSPS) is 11.0. The number of pyridine rings is 1. The molecule has 1 aromatic heterocycles. The van der Waals surface area contributed by atoms with Gasteiger partial charge in [0, 0.05) is 29.8 Å². The lowest BCUT2D eigenvalue weighted by Gasteiger charge is -2.26. The van der Waals surface area contributed by atoms with Crippen molar-refractivity contribution in [2.24, 2.45) is 0 Å². The van der Waals surface area contributed by atoms with E-state index in [1.807, 2.05) is 32.0 Å². The van der Waals surface area contributed by atoms with Gasteiger partial charge < -0.3 is 14.8 Å². The summed E-state index contributed by atoms with van der Waals surface area (Å²) in [6, 6.07) is 8.23. The maximum atomic E-state index is 13.1. The second kappa shape index (κ2) is 7.29. The minimum Gasteiger partial charge on any atom is -0.493 e. The molecule has 0 radical (unpaired) electrons. The highest BCUT2D eigenvalue weighted by Gasteiger charge is 2.23. The maximum Gasteiger partial charge on any atom is 0.251 e. The molecule has 1 heterocycles. The number of nitrogens with zero attached hydrogens (tertiary/aromatic N) is 1. The van der Waals surface area contributed by atoms with Crippen molar-refractivity contribution >= 4 is 5.91 Å². The molecule has 1 amide bonds. The van der Waals surface area contributed by atoms with Crippen LogP contribution in [0.5, 0.6) is 11.5 Å². The van der Waals surface area contributed by atoms with E-state index in [4.69, 9.17) is 9.47 Å². The number of methoxy groups -OCH3 is 2. The fraction of sp³-hybridized carbons (Fsp3) is 0.333. The van der Waals surface area contributed by atoms with Crippen LogP contribution < -0.4 is 14.8 Å². The summed E-state index contributed by atoms with van der Waals surface area (Å²) in [5, 5.41) is 2.83. The van der Waals surface area contributed by atoms with Crippen LogP contribution in [-0.4, -0.2) is 31.7 Å². The lowest BCUT2D eigenvalue weighted by molar-refractivity contribution is 0.0945. The molecular weight excluding hydrogens is 311 g/mol. The van der Waals surface area contributed by atoms with Gasteiger partial charge in [-0.05, 0) is 23.8 Å². The fourth-order valence-corrected chi connectivity index (χ4v) is 2.31. The van der Waals surface area contributed by atoms with Crippen molar-refractivity contribution in [3.8, 4) is 11.5 Å². The Kier molecular flexibility index (Phi) is 5.39. The van der Waals surface area contributed by atoms with Crippen LogP contribution in [0.25, 0.3) is 0 Å². The first kappa shape index (κ1) is 17.7. The summed E-state index contributed by atoms with van der Waals surface area (Å²) < 4.78 is 23.7. The lowest BCUT2D eigenvalue weighted by Crippen LogP contribution is -2.36. The highest BCUT2D eigenvalue weighted by Crippen LogP contribution is 2.32. The maximum absolute atomic E-state index is 13.1. The van der Waals surface area contributed by atoms with Crippen molar-refractivity contribution in [1.82, 2.24) is 10.3 Å². The van der Waals surface area contributed by atoms with Crippen LogP contribution in [0.1, 0.15) is 29.8 Å². The van der Waals surface area contributed by atoms with E-state index in [9.17, 15) is 9.18 Å². The number of nitrogens with one attached hydrogen (secondary N) is 1. The van der Waals surface area contributed by atoms with E-state index in [1.165, 1.54) is 12.3 Å². The third-order valence-electron chi connectivity index (χ3n) is 3.84. The van der Waals surface area contributed by atoms with Gasteiger partial charge in [0.25, 0.3) is 5.91 Å². The minimum absolute atomic E-state index is 0.241. The summed E-state index contributed by atoms with van der Waals surface area (Å²) in [4.78, 5) is 15.6. The average Bonchev–Trinajstić information content (AvgIpc) is 2.59. The van der Waals surface area contributed by atoms with Crippen molar-refractivity contribution in [2.45, 2.75) is 19.3 Å². The molecule has 0 saturated carbocycles. The summed E-state index contributed by atoms with van der Waals surface area (Å²) >= 11 is 0. The smallest absolute Gasteiger partial charge is 0.251 e. The Balaban J connectivity index is 2.12. The third kappa shape index (κ3) is 4.01. The van der Waals surface area contributed by atoms with Crippen LogP contribution >= 0.6 is 0 Å². The highest BCUT2D eigenvalue weighted by atomic mass is 19.1. The van der Waals surface area contributed by atoms with Gasteiger partial charge in [0.1, 0.15) is 0 Å². The Hall–Kier alpha value is -2.63. The Bertz CT molecular complexity index is 732. The number of aromatic nitrogens is 1. The molecule has 2 aromatic rings. The van der Waals surface area contributed by atoms with Crippen LogP contribution in [-0.2, 0) is 5.41 Å². The molecule has 1 N–H and O–H groups in total. The second-order valence-corrected chi connectivity index (χ2v) is 6.00. The van der Waals surface area contributed by atoms with E-state index >= 15 is 0 Å². The minimum atomic E-state index is -0.679. The van der Waals surface area contributed by atoms with E-state index < -0.39 is 5.95 Å². The Morgan fingerprint density at radius 1 is 1.17 bits per heavy atom. The molecule has 5 nitrogen and oxygen atoms in total. The molecule has 128 valence electrons. The van der Waals surface area contributed by atoms with E-state index in [0.717, 1.165) is 11.6 Å². The summed E-state index contributed by atoms with van der Waals surface area (Å²) in [5.74, 6) is 0.255. The summed E-state index contributed by atoms with van der Waals surface area (Å²) in [6.45, 7) is 4.38. The molecule has 0 saturated heterocycles. The predicted molar refractivity (Wildman–Crippen MR) is 89.1 cm³/mol. The molecule has 1 aromatic carbocycles. The molecule has 0 spiro atoms. The van der Waals surface area contributed by atoms with Gasteiger partial charge >= 0.3 is 0 Å². The number of hydrogen-bond acceptors (Lipinski definition) is 4. The van der Waals surface area contributed by atoms with Gasteiger partial charge in [-0.1, -0.05) is 19.9 Å². The monoisotopic (exact) mass is 332 g/mol. The number of hydrogen-bond donors (Lipinski definition) is 1. The zero-order chi connectivity index (χ0) is 17.7. The third-order valence-corrected chi connectivity index (χ3v) is 3.84. The van der Waals surface area contributed by atoms with Gasteiger partial charge in [0.2, 0.25) is 5.95 Å². The predicted octanol–water partition coefficient (Wildman–Crippen LogP) is 2.95. The zero-order valence-corrected chi connectivity index (χ0v) is 14.2. The Labute approximate surface area is 140 Å². The fourth-order valence-electron chi connectivity index (χ4n) is 2.31. The van der Waals surface area contributed by atoms with Crippen molar-refractivity contribution in [1.29, 1.82) is 0 Å². The molecule has 0 aliphatic rings. The quantitative estimate of drug-likeness (QED) is 0.826. The van der Waals surface area contributed by atoms with E-state index in [1.54, 1.807) is 14.2 Å². The summed E-state index contributed by atoms with van der Waals surface area (Å²) in [5.41, 5.74) is 0.882. The van der Waals surface area contributed by atoms with Gasteiger partial charge in [-0.3, -0.25) is 4.79 Å². The molecule has 24 heavy (non-hydrogen) atoms. The first-order valence-electron chi connectivity index (χ1n) is 7.49. The Morgan fingerprint density at radius 2 is 1.88 bits per heavy atom. The molecule has 0 fully saturated rings. The number of rotatable bonds is 6. The topological polar surface area (TPSA) is 60.5 Å². The number of halogens is 1. The van der Waals surface area contributed by atoms with Crippen LogP contribution in [0, 0.1) is 5.95 Å². The average molecular weight is 332 g/mol. The Morgan fingerprint density at radius 3 is 2.50 bits per heavy atom. The van der Waals surface area contributed by atoms with Crippen molar-refractivity contribution in [3.63, 3.8) is 0 Å². The van der Waals surface area contributed by atoms with Crippen molar-refractivity contribution in [3.05, 3.63) is 53.6 Å². The number of carbonyl (C=O) groups excluding carboxylic acids is 1. The van der Waals surface area contributed by atoms with E-state index in [2.05, 4.69) is 10.3 Å². The van der Waals surface area contributed by atoms with Gasteiger partial charge in [-0.25, -0.2) is 4.98 Å². The van der Waals surface area contributed by atoms with Crippen molar-refractivity contribution in [2.75, 3.05) is 20.8 Å². The van der Waals surface area contributed by atoms with Crippen LogP contribution in [0.2, 0.25) is 0 Å². The molecule has 2 rings (SSSR count). The van der Waals surface area contributed by atoms with Crippen molar-refractivity contribution < 1.29 is 18.7 Å². The first-order chi connectivity index (χ1) is 11.4. The number of ether oxygens (including phenoxy) is 2. The largest absolute Gasteiger partial charge is 0.493 e. The lowest BCUT2D eigenvalue weighted by atomic mass is 9.84. The van der Waals surface area contributed by atoms with Gasteiger partial charge in [0.05, 0.1) is 14.2 Å². The summed E-state index contributed by atoms with van der Waals surface area (Å²) in [7, 11) is 3.16. The summed E-state index contributed by atoms with van der Waals surface area (Å²) in [6.07, 6.45) is 1.27. The molecule has 0 atom stereocenters. The molecule has 6 heteroatoms. The van der Waals surface area contributed by atoms with Crippen LogP contribution in [0.15, 0.2) is 36.5 Å². The van der Waals surface area contributed by atoms with Crippen LogP contribution in [0.3, 0.4) is 0 Å². The highest BCUT2D eigenvalue weighted by molar-refractivity contribution is 5.94. The second-order valence-electron chi connectivity index (χ2n) is 6.00. The molecule has 0 aliphatic heterocycles. The standard InChI is InChI=1S/C18H21FN2O3/c1-18(2,13-5-6-14(23-3)15(10-13)24-4)11-21-17(22)12-7-8-20-16(19)9-12/h5-10H,11H2,1-4H3,(H,21,22). The number of carbonyl (C=O) groups is 1. The van der Waals surface area contributed by atoms with Gasteiger partial charge in [0.15, 0.2) is 11.5 Å². The van der Waals surface area contributed by atoms with E-state index in [-0.39, 0.29) is 16.9 Å². The van der Waals surface area contributed by atoms with Crippen LogP contribution in [0.4, 0.5) is 4.39 Å². The first-order valence-corrected chi connectivity index (χ1v) is 7.49. The number of benzene rings is 1. The van der Waals surface area contributed by atoms with E-state index in [0.29, 0.717) is 18.0 Å². The SMILES string of the molecule is COc1ccc(C(C)(C)CNC(=O)c2ccnc(F)c2)cc1OC. The molecule has 0 aliphatic carbocycles. The zero-order valence-electron chi connectivity index (χ0n) is 14.2. The van der Waals surface area contributed by atoms with Gasteiger partial charge in [-0.15, -0.1) is 0 Å². The molecule has 0 unspecified atom stereocenters. The number of amides is 1. The molecule has 0 bridgehead atoms. The van der Waals surface area contributed by atoms with Gasteiger partial charge in [-0.2, -0.15) is 4.39 Å².